The average molecular weight is 574 g/mol. The predicted molar refractivity (Wildman–Crippen MR) is 164 cm³/mol. The van der Waals surface area contributed by atoms with Crippen LogP contribution in [0, 0.1) is 0 Å². The van der Waals surface area contributed by atoms with Crippen molar-refractivity contribution in [1.82, 2.24) is 4.90 Å². The second-order valence-corrected chi connectivity index (χ2v) is 12.0. The Hall–Kier alpha value is -3.84. The molecule has 0 radical (unpaired) electrons. The van der Waals surface area contributed by atoms with Gasteiger partial charge in [-0.2, -0.15) is 0 Å². The number of hydrogen-bond acceptors (Lipinski definition) is 5. The number of rotatable bonds is 11. The number of nitrogens with zero attached hydrogens (tertiary/aromatic N) is 1. The number of carboxylic acids is 1. The van der Waals surface area contributed by atoms with Gasteiger partial charge < -0.3 is 24.6 Å². The molecule has 3 aromatic carbocycles. The maximum absolute atomic E-state index is 12.9. The summed E-state index contributed by atoms with van der Waals surface area (Å²) in [5.41, 5.74) is 3.31. The van der Waals surface area contributed by atoms with Gasteiger partial charge in [0.05, 0.1) is 18.8 Å². The van der Waals surface area contributed by atoms with Crippen LogP contribution in [-0.2, 0) is 11.2 Å². The number of aryl methyl sites for hydroxylation is 1. The number of carbonyl (C=O) groups is 2. The average Bonchev–Trinajstić information content (AvgIpc) is 2.97. The number of aliphatic hydroxyl groups excluding tert-OH is 1. The molecule has 0 heterocycles. The second-order valence-electron chi connectivity index (χ2n) is 12.0. The Bertz CT molecular complexity index is 1310. The van der Waals surface area contributed by atoms with Gasteiger partial charge in [0.2, 0.25) is 0 Å². The minimum absolute atomic E-state index is 0.0588. The number of benzene rings is 3. The van der Waals surface area contributed by atoms with Crippen molar-refractivity contribution in [3.8, 4) is 16.9 Å². The highest BCUT2D eigenvalue weighted by Gasteiger charge is 2.24. The minimum atomic E-state index is -0.987. The van der Waals surface area contributed by atoms with Crippen molar-refractivity contribution >= 4 is 12.1 Å². The Morgan fingerprint density at radius 2 is 1.60 bits per heavy atom. The zero-order chi connectivity index (χ0) is 30.1. The van der Waals surface area contributed by atoms with Gasteiger partial charge in [0, 0.05) is 6.54 Å². The molecule has 1 amide bonds. The molecule has 7 nitrogen and oxygen atoms in total. The topological polar surface area (TPSA) is 96.3 Å². The van der Waals surface area contributed by atoms with E-state index in [0.29, 0.717) is 18.7 Å². The summed E-state index contributed by atoms with van der Waals surface area (Å²) in [6.45, 7) is 6.09. The molecule has 3 aromatic rings. The first-order valence-corrected chi connectivity index (χ1v) is 14.9. The number of aromatic carboxylic acids is 1. The molecule has 1 saturated carbocycles. The fourth-order valence-corrected chi connectivity index (χ4v) is 5.25. The Labute approximate surface area is 249 Å². The summed E-state index contributed by atoms with van der Waals surface area (Å²) in [6, 6.07) is 22.8. The summed E-state index contributed by atoms with van der Waals surface area (Å²) in [5, 5.41) is 20.4. The van der Waals surface area contributed by atoms with Crippen LogP contribution in [0.2, 0.25) is 0 Å². The summed E-state index contributed by atoms with van der Waals surface area (Å²) in [7, 11) is 0. The van der Waals surface area contributed by atoms with Crippen molar-refractivity contribution in [3.05, 3.63) is 89.5 Å². The molecule has 0 unspecified atom stereocenters. The summed E-state index contributed by atoms with van der Waals surface area (Å²) in [4.78, 5) is 26.3. The smallest absolute Gasteiger partial charge is 0.410 e. The highest BCUT2D eigenvalue weighted by atomic mass is 16.6. The number of hydrogen-bond donors (Lipinski definition) is 2. The Balaban J connectivity index is 1.40. The highest BCUT2D eigenvalue weighted by molar-refractivity contribution is 5.92. The SMILES string of the molecule is CC(C)(C)OC(=O)N(CCCc1ccc(-c2ccc(C(=O)O)c(OC3CCCCC3)c2)cc1)C[C@@H](O)c1ccccc1. The summed E-state index contributed by atoms with van der Waals surface area (Å²) >= 11 is 0. The molecule has 0 aromatic heterocycles. The molecule has 0 aliphatic heterocycles. The third-order valence-electron chi connectivity index (χ3n) is 7.47. The first kappa shape index (κ1) is 31.1. The van der Waals surface area contributed by atoms with Crippen LogP contribution in [0.3, 0.4) is 0 Å². The van der Waals surface area contributed by atoms with Crippen LogP contribution in [-0.4, -0.2) is 52.0 Å². The first-order valence-electron chi connectivity index (χ1n) is 14.9. The van der Waals surface area contributed by atoms with Gasteiger partial charge in [-0.15, -0.1) is 0 Å². The standard InChI is InChI=1S/C35H43NO6/c1-35(2,3)42-34(40)36(24-31(37)27-12-6-4-7-13-27)22-10-11-25-16-18-26(19-17-25)28-20-21-30(33(38)39)32(23-28)41-29-14-8-5-9-15-29/h4,6-7,12-13,16-21,23,29,31,37H,5,8-11,14-15,22,24H2,1-3H3,(H,38,39)/t31-/m1/s1. The van der Waals surface area contributed by atoms with Crippen LogP contribution in [0.5, 0.6) is 5.75 Å². The van der Waals surface area contributed by atoms with Gasteiger partial charge in [-0.05, 0) is 93.7 Å². The van der Waals surface area contributed by atoms with Gasteiger partial charge in [0.1, 0.15) is 16.9 Å². The first-order chi connectivity index (χ1) is 20.1. The van der Waals surface area contributed by atoms with E-state index in [9.17, 15) is 19.8 Å². The lowest BCUT2D eigenvalue weighted by Crippen LogP contribution is -2.40. The van der Waals surface area contributed by atoms with E-state index in [-0.39, 0.29) is 18.2 Å². The van der Waals surface area contributed by atoms with E-state index in [1.807, 2.05) is 75.4 Å². The van der Waals surface area contributed by atoms with Crippen LogP contribution >= 0.6 is 0 Å². The predicted octanol–water partition coefficient (Wildman–Crippen LogP) is 7.67. The van der Waals surface area contributed by atoms with E-state index in [1.54, 1.807) is 11.0 Å². The molecule has 0 spiro atoms. The zero-order valence-corrected chi connectivity index (χ0v) is 24.9. The molecular formula is C35H43NO6. The summed E-state index contributed by atoms with van der Waals surface area (Å²) < 4.78 is 11.8. The third-order valence-corrected chi connectivity index (χ3v) is 7.47. The lowest BCUT2D eigenvalue weighted by Gasteiger charge is -2.29. The van der Waals surface area contributed by atoms with Crippen LogP contribution in [0.25, 0.3) is 11.1 Å². The van der Waals surface area contributed by atoms with Gasteiger partial charge in [-0.1, -0.05) is 67.1 Å². The largest absolute Gasteiger partial charge is 0.490 e. The molecule has 42 heavy (non-hydrogen) atoms. The fourth-order valence-electron chi connectivity index (χ4n) is 5.25. The number of carboxylic acid groups (broad SMARTS) is 1. The highest BCUT2D eigenvalue weighted by Crippen LogP contribution is 2.31. The molecule has 1 aliphatic carbocycles. The van der Waals surface area contributed by atoms with Crippen molar-refractivity contribution in [2.24, 2.45) is 0 Å². The number of carbonyl (C=O) groups excluding carboxylic acids is 1. The summed E-state index contributed by atoms with van der Waals surface area (Å²) in [6.07, 6.45) is 5.58. The van der Waals surface area contributed by atoms with E-state index in [2.05, 4.69) is 12.1 Å². The molecule has 224 valence electrons. The minimum Gasteiger partial charge on any atom is -0.490 e. The molecule has 4 rings (SSSR count). The molecule has 7 heteroatoms. The molecule has 2 N–H and O–H groups in total. The number of ether oxygens (including phenoxy) is 2. The quantitative estimate of drug-likeness (QED) is 0.244. The monoisotopic (exact) mass is 573 g/mol. The Morgan fingerprint density at radius 3 is 2.24 bits per heavy atom. The van der Waals surface area contributed by atoms with Crippen LogP contribution in [0.1, 0.15) is 86.9 Å². The normalized spacial score (nSPS) is 14.7. The Kier molecular flexibility index (Phi) is 10.6. The van der Waals surface area contributed by atoms with Gasteiger partial charge in [-0.3, -0.25) is 0 Å². The molecule has 0 saturated heterocycles. The van der Waals surface area contributed by atoms with E-state index in [4.69, 9.17) is 9.47 Å². The molecular weight excluding hydrogens is 530 g/mol. The zero-order valence-electron chi connectivity index (χ0n) is 24.9. The lowest BCUT2D eigenvalue weighted by molar-refractivity contribution is 0.0142. The van der Waals surface area contributed by atoms with Gasteiger partial charge in [0.25, 0.3) is 0 Å². The maximum atomic E-state index is 12.9. The fraction of sp³-hybridized carbons (Fsp3) is 0.429. The van der Waals surface area contributed by atoms with E-state index >= 15 is 0 Å². The molecule has 1 atom stereocenters. The van der Waals surface area contributed by atoms with Gasteiger partial charge in [-0.25, -0.2) is 9.59 Å². The number of amides is 1. The van der Waals surface area contributed by atoms with E-state index in [1.165, 1.54) is 6.42 Å². The van der Waals surface area contributed by atoms with Crippen molar-refractivity contribution < 1.29 is 29.3 Å². The maximum Gasteiger partial charge on any atom is 0.410 e. The molecule has 0 bridgehead atoms. The summed E-state index contributed by atoms with van der Waals surface area (Å²) in [5.74, 6) is -0.560. The van der Waals surface area contributed by atoms with E-state index in [0.717, 1.165) is 54.4 Å². The van der Waals surface area contributed by atoms with Gasteiger partial charge >= 0.3 is 12.1 Å². The van der Waals surface area contributed by atoms with Gasteiger partial charge in [0.15, 0.2) is 0 Å². The van der Waals surface area contributed by atoms with Crippen LogP contribution in [0.4, 0.5) is 4.79 Å². The Morgan fingerprint density at radius 1 is 0.929 bits per heavy atom. The van der Waals surface area contributed by atoms with Crippen molar-refractivity contribution in [3.63, 3.8) is 0 Å². The molecule has 1 aliphatic rings. The van der Waals surface area contributed by atoms with Crippen molar-refractivity contribution in [1.29, 1.82) is 0 Å². The van der Waals surface area contributed by atoms with E-state index < -0.39 is 23.8 Å². The second kappa shape index (κ2) is 14.4. The van der Waals surface area contributed by atoms with Crippen LogP contribution in [0.15, 0.2) is 72.8 Å². The van der Waals surface area contributed by atoms with Crippen molar-refractivity contribution in [2.45, 2.75) is 83.5 Å². The number of aliphatic hydroxyl groups is 1. The lowest BCUT2D eigenvalue weighted by atomic mass is 9.97. The van der Waals surface area contributed by atoms with Crippen LogP contribution < -0.4 is 4.74 Å². The van der Waals surface area contributed by atoms with Crippen molar-refractivity contribution in [2.75, 3.05) is 13.1 Å². The third kappa shape index (κ3) is 9.08. The molecule has 1 fully saturated rings.